The molecule has 2 atom stereocenters. The van der Waals surface area contributed by atoms with E-state index in [1.807, 2.05) is 0 Å². The van der Waals surface area contributed by atoms with Gasteiger partial charge in [-0.3, -0.25) is 0 Å². The van der Waals surface area contributed by atoms with Crippen molar-refractivity contribution in [3.8, 4) is 0 Å². The van der Waals surface area contributed by atoms with E-state index >= 15 is 0 Å². The standard InChI is InChI=1S/C24H38O2Si2/c1-9-23(25-27(3,4)5,21-17-13-11-14-18-21)24(10-2,26-28(6,7)8)22-19-15-12-16-20-22/h11-20H,9-10H2,1-8H3. The maximum atomic E-state index is 7.15. The van der Waals surface area contributed by atoms with Crippen LogP contribution in [-0.4, -0.2) is 16.6 Å². The molecular weight excluding hydrogens is 376 g/mol. The van der Waals surface area contributed by atoms with Crippen molar-refractivity contribution in [2.45, 2.75) is 77.2 Å². The fourth-order valence-corrected chi connectivity index (χ4v) is 7.28. The van der Waals surface area contributed by atoms with Crippen LogP contribution in [0.15, 0.2) is 60.7 Å². The molecule has 2 rings (SSSR count). The van der Waals surface area contributed by atoms with Crippen LogP contribution in [0.25, 0.3) is 0 Å². The van der Waals surface area contributed by atoms with Gasteiger partial charge in [0.1, 0.15) is 11.2 Å². The zero-order valence-electron chi connectivity index (χ0n) is 19.0. The summed E-state index contributed by atoms with van der Waals surface area (Å²) < 4.78 is 14.3. The number of rotatable bonds is 9. The van der Waals surface area contributed by atoms with Gasteiger partial charge in [0.05, 0.1) is 0 Å². The van der Waals surface area contributed by atoms with Crippen molar-refractivity contribution in [2.24, 2.45) is 0 Å². The minimum Gasteiger partial charge on any atom is -0.405 e. The van der Waals surface area contributed by atoms with E-state index in [4.69, 9.17) is 8.85 Å². The molecule has 0 bridgehead atoms. The van der Waals surface area contributed by atoms with E-state index in [0.717, 1.165) is 12.8 Å². The molecule has 2 aromatic rings. The van der Waals surface area contributed by atoms with Gasteiger partial charge in [0.2, 0.25) is 0 Å². The molecule has 0 heterocycles. The van der Waals surface area contributed by atoms with Crippen molar-refractivity contribution in [1.82, 2.24) is 0 Å². The highest BCUT2D eigenvalue weighted by Gasteiger charge is 2.56. The average molecular weight is 415 g/mol. The Balaban J connectivity index is 2.89. The summed E-state index contributed by atoms with van der Waals surface area (Å²) in [6.45, 7) is 18.2. The third-order valence-electron chi connectivity index (χ3n) is 5.09. The highest BCUT2D eigenvalue weighted by molar-refractivity contribution is 6.70. The topological polar surface area (TPSA) is 18.5 Å². The van der Waals surface area contributed by atoms with Crippen molar-refractivity contribution >= 4 is 16.6 Å². The van der Waals surface area contributed by atoms with E-state index in [0.29, 0.717) is 0 Å². The van der Waals surface area contributed by atoms with E-state index in [1.165, 1.54) is 11.1 Å². The van der Waals surface area contributed by atoms with Gasteiger partial charge in [-0.15, -0.1) is 0 Å². The smallest absolute Gasteiger partial charge is 0.185 e. The van der Waals surface area contributed by atoms with Crippen LogP contribution in [0, 0.1) is 0 Å². The fraction of sp³-hybridized carbons (Fsp3) is 0.500. The Hall–Kier alpha value is -1.21. The van der Waals surface area contributed by atoms with Crippen LogP contribution in [0.5, 0.6) is 0 Å². The van der Waals surface area contributed by atoms with Crippen molar-refractivity contribution in [1.29, 1.82) is 0 Å². The van der Waals surface area contributed by atoms with Crippen LogP contribution in [0.3, 0.4) is 0 Å². The van der Waals surface area contributed by atoms with Gasteiger partial charge in [0.25, 0.3) is 0 Å². The summed E-state index contributed by atoms with van der Waals surface area (Å²) >= 11 is 0. The molecule has 0 aliphatic heterocycles. The molecule has 0 saturated heterocycles. The summed E-state index contributed by atoms with van der Waals surface area (Å²) in [5.41, 5.74) is 1.36. The van der Waals surface area contributed by atoms with E-state index in [2.05, 4.69) is 114 Å². The monoisotopic (exact) mass is 414 g/mol. The van der Waals surface area contributed by atoms with Gasteiger partial charge in [-0.1, -0.05) is 74.5 Å². The molecule has 0 radical (unpaired) electrons. The average Bonchev–Trinajstić information content (AvgIpc) is 2.64. The zero-order valence-corrected chi connectivity index (χ0v) is 21.0. The number of benzene rings is 2. The summed E-state index contributed by atoms with van der Waals surface area (Å²) in [6.07, 6.45) is 1.71. The molecule has 2 unspecified atom stereocenters. The second kappa shape index (κ2) is 8.66. The van der Waals surface area contributed by atoms with E-state index < -0.39 is 27.8 Å². The van der Waals surface area contributed by atoms with Crippen molar-refractivity contribution in [3.63, 3.8) is 0 Å². The van der Waals surface area contributed by atoms with Crippen molar-refractivity contribution in [3.05, 3.63) is 71.8 Å². The summed E-state index contributed by atoms with van der Waals surface area (Å²) in [6, 6.07) is 21.5. The summed E-state index contributed by atoms with van der Waals surface area (Å²) in [5.74, 6) is 0. The van der Waals surface area contributed by atoms with Gasteiger partial charge in [0.15, 0.2) is 16.6 Å². The van der Waals surface area contributed by atoms with Gasteiger partial charge in [-0.2, -0.15) is 0 Å². The lowest BCUT2D eigenvalue weighted by Gasteiger charge is -2.55. The second-order valence-electron chi connectivity index (χ2n) is 9.52. The maximum absolute atomic E-state index is 7.15. The Morgan fingerprint density at radius 2 is 0.857 bits per heavy atom. The molecule has 0 spiro atoms. The third-order valence-corrected chi connectivity index (χ3v) is 7.01. The minimum absolute atomic E-state index is 0.533. The van der Waals surface area contributed by atoms with Crippen LogP contribution in [0.1, 0.15) is 37.8 Å². The summed E-state index contributed by atoms with van der Waals surface area (Å²) in [7, 11) is -3.79. The Bertz CT molecular complexity index is 669. The first kappa shape index (κ1) is 23.1. The first-order chi connectivity index (χ1) is 13.0. The minimum atomic E-state index is -1.90. The fourth-order valence-electron chi connectivity index (χ4n) is 4.33. The first-order valence-electron chi connectivity index (χ1n) is 10.5. The second-order valence-corrected chi connectivity index (χ2v) is 18.4. The van der Waals surface area contributed by atoms with E-state index in [9.17, 15) is 0 Å². The van der Waals surface area contributed by atoms with Crippen molar-refractivity contribution in [2.75, 3.05) is 0 Å². The molecular formula is C24H38O2Si2. The molecule has 0 fully saturated rings. The molecule has 28 heavy (non-hydrogen) atoms. The van der Waals surface area contributed by atoms with Gasteiger partial charge in [-0.05, 0) is 63.3 Å². The van der Waals surface area contributed by atoms with Crippen LogP contribution in [0.2, 0.25) is 39.3 Å². The predicted octanol–water partition coefficient (Wildman–Crippen LogP) is 7.30. The zero-order chi connectivity index (χ0) is 21.1. The summed E-state index contributed by atoms with van der Waals surface area (Å²) in [5, 5.41) is 0. The van der Waals surface area contributed by atoms with Gasteiger partial charge in [-0.25, -0.2) is 0 Å². The Labute approximate surface area is 174 Å². The molecule has 0 N–H and O–H groups in total. The lowest BCUT2D eigenvalue weighted by Crippen LogP contribution is -2.59. The normalized spacial score (nSPS) is 17.0. The molecule has 4 heteroatoms. The maximum Gasteiger partial charge on any atom is 0.185 e. The molecule has 0 saturated carbocycles. The van der Waals surface area contributed by atoms with Gasteiger partial charge < -0.3 is 8.85 Å². The third kappa shape index (κ3) is 4.85. The molecule has 0 aromatic heterocycles. The predicted molar refractivity (Wildman–Crippen MR) is 126 cm³/mol. The molecule has 2 aromatic carbocycles. The molecule has 0 amide bonds. The van der Waals surface area contributed by atoms with Crippen LogP contribution in [-0.2, 0) is 20.1 Å². The SMILES string of the molecule is CCC(O[Si](C)(C)C)(c1ccccc1)C(CC)(O[Si](C)(C)C)c1ccccc1. The molecule has 154 valence electrons. The highest BCUT2D eigenvalue weighted by atomic mass is 28.4. The van der Waals surface area contributed by atoms with E-state index in [1.54, 1.807) is 0 Å². The summed E-state index contributed by atoms with van der Waals surface area (Å²) in [4.78, 5) is 0. The van der Waals surface area contributed by atoms with Crippen LogP contribution < -0.4 is 0 Å². The van der Waals surface area contributed by atoms with Crippen LogP contribution >= 0.6 is 0 Å². The molecule has 2 nitrogen and oxygen atoms in total. The van der Waals surface area contributed by atoms with Gasteiger partial charge >= 0.3 is 0 Å². The lowest BCUT2D eigenvalue weighted by molar-refractivity contribution is -0.146. The Morgan fingerprint density at radius 3 is 1.07 bits per heavy atom. The number of hydrogen-bond donors (Lipinski definition) is 0. The quantitative estimate of drug-likeness (QED) is 0.401. The Kier molecular flexibility index (Phi) is 7.14. The first-order valence-corrected chi connectivity index (χ1v) is 17.3. The van der Waals surface area contributed by atoms with Crippen molar-refractivity contribution < 1.29 is 8.85 Å². The molecule has 0 aliphatic carbocycles. The van der Waals surface area contributed by atoms with E-state index in [-0.39, 0.29) is 0 Å². The Morgan fingerprint density at radius 1 is 0.571 bits per heavy atom. The highest BCUT2D eigenvalue weighted by Crippen LogP contribution is 2.53. The largest absolute Gasteiger partial charge is 0.405 e. The lowest BCUT2D eigenvalue weighted by atomic mass is 9.70. The van der Waals surface area contributed by atoms with Gasteiger partial charge in [0, 0.05) is 0 Å². The molecule has 0 aliphatic rings. The number of hydrogen-bond acceptors (Lipinski definition) is 2. The van der Waals surface area contributed by atoms with Crippen LogP contribution in [0.4, 0.5) is 0 Å².